The summed E-state index contributed by atoms with van der Waals surface area (Å²) >= 11 is 10.3. The summed E-state index contributed by atoms with van der Waals surface area (Å²) in [6, 6.07) is 5.33. The fourth-order valence-corrected chi connectivity index (χ4v) is 3.24. The van der Waals surface area contributed by atoms with Crippen LogP contribution >= 0.6 is 24.2 Å². The van der Waals surface area contributed by atoms with Gasteiger partial charge < -0.3 is 14.8 Å². The van der Waals surface area contributed by atoms with E-state index < -0.39 is 0 Å². The Kier molecular flexibility index (Phi) is 4.41. The van der Waals surface area contributed by atoms with Gasteiger partial charge in [-0.3, -0.25) is 4.57 Å². The minimum Gasteiger partial charge on any atom is -0.495 e. The second-order valence-electron chi connectivity index (χ2n) is 5.63. The second-order valence-corrected chi connectivity index (χ2v) is 6.47. The molecule has 1 saturated heterocycles. The SMILES string of the molecule is COc1cc(Cl)ccc1Nc1nc(S)nc2c1ncn2C1CCCO1. The summed E-state index contributed by atoms with van der Waals surface area (Å²) in [6.45, 7) is 0.746. The Hall–Kier alpha value is -2.03. The van der Waals surface area contributed by atoms with Gasteiger partial charge >= 0.3 is 0 Å². The van der Waals surface area contributed by atoms with Crippen molar-refractivity contribution in [2.75, 3.05) is 19.0 Å². The summed E-state index contributed by atoms with van der Waals surface area (Å²) in [4.78, 5) is 13.3. The fraction of sp³-hybridized carbons (Fsp3) is 0.312. The first kappa shape index (κ1) is 16.4. The van der Waals surface area contributed by atoms with E-state index in [2.05, 4.69) is 32.9 Å². The summed E-state index contributed by atoms with van der Waals surface area (Å²) in [5.74, 6) is 1.16. The zero-order valence-corrected chi connectivity index (χ0v) is 15.1. The fourth-order valence-electron chi connectivity index (χ4n) is 2.88. The number of thiol groups is 1. The predicted molar refractivity (Wildman–Crippen MR) is 98.1 cm³/mol. The topological polar surface area (TPSA) is 74.1 Å². The predicted octanol–water partition coefficient (Wildman–Crippen LogP) is 3.83. The number of aromatic nitrogens is 4. The van der Waals surface area contributed by atoms with E-state index in [0.717, 1.165) is 25.1 Å². The minimum absolute atomic E-state index is 0.0504. The summed E-state index contributed by atoms with van der Waals surface area (Å²) in [7, 11) is 1.59. The molecule has 2 aromatic heterocycles. The van der Waals surface area contributed by atoms with Gasteiger partial charge in [-0.2, -0.15) is 0 Å². The molecule has 3 aromatic rings. The third-order valence-electron chi connectivity index (χ3n) is 4.04. The molecule has 0 saturated carbocycles. The number of nitrogens with one attached hydrogen (secondary N) is 1. The van der Waals surface area contributed by atoms with Gasteiger partial charge in [-0.25, -0.2) is 15.0 Å². The van der Waals surface area contributed by atoms with Crippen LogP contribution in [-0.2, 0) is 4.74 Å². The Morgan fingerprint density at radius 2 is 2.28 bits per heavy atom. The molecule has 1 N–H and O–H groups in total. The molecular formula is C16H16ClN5O2S. The van der Waals surface area contributed by atoms with Gasteiger partial charge in [0.15, 0.2) is 22.1 Å². The molecule has 0 amide bonds. The number of imidazole rings is 1. The van der Waals surface area contributed by atoms with Crippen molar-refractivity contribution in [2.45, 2.75) is 24.2 Å². The van der Waals surface area contributed by atoms with Crippen molar-refractivity contribution in [3.05, 3.63) is 29.5 Å². The van der Waals surface area contributed by atoms with Crippen LogP contribution in [0.1, 0.15) is 19.1 Å². The number of hydrogen-bond acceptors (Lipinski definition) is 7. The molecule has 9 heteroatoms. The first-order valence-electron chi connectivity index (χ1n) is 7.81. The summed E-state index contributed by atoms with van der Waals surface area (Å²) in [6.07, 6.45) is 3.64. The van der Waals surface area contributed by atoms with E-state index in [1.54, 1.807) is 25.6 Å². The monoisotopic (exact) mass is 377 g/mol. The molecule has 3 heterocycles. The first-order chi connectivity index (χ1) is 12.2. The lowest BCUT2D eigenvalue weighted by molar-refractivity contribution is 0.0592. The van der Waals surface area contributed by atoms with Crippen molar-refractivity contribution >= 4 is 46.9 Å². The molecule has 0 radical (unpaired) electrons. The normalized spacial score (nSPS) is 17.2. The average Bonchev–Trinajstić information content (AvgIpc) is 3.25. The van der Waals surface area contributed by atoms with Crippen molar-refractivity contribution in [3.8, 4) is 5.75 Å². The number of fused-ring (bicyclic) bond motifs is 1. The maximum absolute atomic E-state index is 6.02. The molecule has 1 unspecified atom stereocenters. The van der Waals surface area contributed by atoms with Crippen LogP contribution in [0, 0.1) is 0 Å². The minimum atomic E-state index is -0.0504. The largest absolute Gasteiger partial charge is 0.495 e. The number of methoxy groups -OCH3 is 1. The van der Waals surface area contributed by atoms with Crippen LogP contribution in [0.4, 0.5) is 11.5 Å². The van der Waals surface area contributed by atoms with Crippen molar-refractivity contribution in [1.29, 1.82) is 0 Å². The molecule has 1 atom stereocenters. The number of hydrogen-bond donors (Lipinski definition) is 2. The molecule has 1 aliphatic rings. The van der Waals surface area contributed by atoms with Gasteiger partial charge in [0.05, 0.1) is 19.1 Å². The zero-order valence-electron chi connectivity index (χ0n) is 13.4. The van der Waals surface area contributed by atoms with Crippen molar-refractivity contribution in [2.24, 2.45) is 0 Å². The quantitative estimate of drug-likeness (QED) is 0.531. The molecular weight excluding hydrogens is 362 g/mol. The van der Waals surface area contributed by atoms with Crippen LogP contribution in [0.5, 0.6) is 5.75 Å². The highest BCUT2D eigenvalue weighted by Crippen LogP contribution is 2.33. The molecule has 4 rings (SSSR count). The molecule has 0 bridgehead atoms. The molecule has 25 heavy (non-hydrogen) atoms. The van der Waals surface area contributed by atoms with E-state index in [4.69, 9.17) is 21.1 Å². The molecule has 0 spiro atoms. The van der Waals surface area contributed by atoms with Gasteiger partial charge in [-0.1, -0.05) is 11.6 Å². The van der Waals surface area contributed by atoms with Gasteiger partial charge in [-0.05, 0) is 25.0 Å². The number of rotatable bonds is 4. The highest BCUT2D eigenvalue weighted by Gasteiger charge is 2.22. The third kappa shape index (κ3) is 3.12. The summed E-state index contributed by atoms with van der Waals surface area (Å²) < 4.78 is 13.0. The molecule has 1 fully saturated rings. The van der Waals surface area contributed by atoms with Crippen LogP contribution < -0.4 is 10.1 Å². The highest BCUT2D eigenvalue weighted by atomic mass is 35.5. The lowest BCUT2D eigenvalue weighted by Crippen LogP contribution is -2.07. The zero-order chi connectivity index (χ0) is 17.4. The average molecular weight is 378 g/mol. The Morgan fingerprint density at radius 3 is 3.04 bits per heavy atom. The van der Waals surface area contributed by atoms with Gasteiger partial charge in [-0.15, -0.1) is 12.6 Å². The summed E-state index contributed by atoms with van der Waals surface area (Å²) in [5, 5.41) is 4.18. The molecule has 7 nitrogen and oxygen atoms in total. The number of nitrogens with zero attached hydrogens (tertiary/aromatic N) is 4. The van der Waals surface area contributed by atoms with E-state index in [1.807, 2.05) is 10.6 Å². The van der Waals surface area contributed by atoms with Gasteiger partial charge in [0.1, 0.15) is 12.0 Å². The Balaban J connectivity index is 1.77. The first-order valence-corrected chi connectivity index (χ1v) is 8.64. The number of ether oxygens (including phenoxy) is 2. The van der Waals surface area contributed by atoms with E-state index in [1.165, 1.54) is 0 Å². The van der Waals surface area contributed by atoms with Crippen LogP contribution in [0.15, 0.2) is 29.7 Å². The summed E-state index contributed by atoms with van der Waals surface area (Å²) in [5.41, 5.74) is 2.05. The lowest BCUT2D eigenvalue weighted by atomic mass is 10.3. The van der Waals surface area contributed by atoms with Gasteiger partial charge in [0.25, 0.3) is 0 Å². The van der Waals surface area contributed by atoms with E-state index in [9.17, 15) is 0 Å². The number of benzene rings is 1. The van der Waals surface area contributed by atoms with Crippen molar-refractivity contribution in [1.82, 2.24) is 19.5 Å². The smallest absolute Gasteiger partial charge is 0.188 e. The molecule has 1 aromatic carbocycles. The van der Waals surface area contributed by atoms with Crippen molar-refractivity contribution in [3.63, 3.8) is 0 Å². The van der Waals surface area contributed by atoms with Crippen LogP contribution in [0.2, 0.25) is 5.02 Å². The van der Waals surface area contributed by atoms with E-state index >= 15 is 0 Å². The maximum atomic E-state index is 6.02. The Morgan fingerprint density at radius 1 is 1.40 bits per heavy atom. The van der Waals surface area contributed by atoms with E-state index in [0.29, 0.717) is 32.9 Å². The van der Waals surface area contributed by atoms with Crippen LogP contribution in [0.3, 0.4) is 0 Å². The van der Waals surface area contributed by atoms with E-state index in [-0.39, 0.29) is 6.23 Å². The second kappa shape index (κ2) is 6.70. The highest BCUT2D eigenvalue weighted by molar-refractivity contribution is 7.80. The van der Waals surface area contributed by atoms with Crippen molar-refractivity contribution < 1.29 is 9.47 Å². The molecule has 130 valence electrons. The van der Waals surface area contributed by atoms with Gasteiger partial charge in [0.2, 0.25) is 0 Å². The molecule has 0 aliphatic carbocycles. The third-order valence-corrected chi connectivity index (χ3v) is 4.48. The number of halogens is 1. The lowest BCUT2D eigenvalue weighted by Gasteiger charge is -2.13. The van der Waals surface area contributed by atoms with Crippen LogP contribution in [0.25, 0.3) is 11.2 Å². The van der Waals surface area contributed by atoms with Crippen LogP contribution in [-0.4, -0.2) is 33.2 Å². The Labute approximate surface area is 154 Å². The van der Waals surface area contributed by atoms with Gasteiger partial charge in [0, 0.05) is 17.7 Å². The standard InChI is InChI=1S/C16H16ClN5O2S/c1-23-11-7-9(17)4-5-10(11)19-14-13-15(21-16(25)20-14)22(8-18-13)12-3-2-6-24-12/h4-5,7-8,12H,2-3,6H2,1H3,(H2,19,20,21,25). The number of anilines is 2. The molecule has 1 aliphatic heterocycles. The maximum Gasteiger partial charge on any atom is 0.188 e. The Bertz CT molecular complexity index is 926.